The van der Waals surface area contributed by atoms with Crippen molar-refractivity contribution in [2.75, 3.05) is 6.54 Å². The topological polar surface area (TPSA) is 44.1 Å². The molecule has 3 unspecified atom stereocenters. The summed E-state index contributed by atoms with van der Waals surface area (Å²) in [4.78, 5) is 15.4. The number of likely N-dealkylation sites (tertiary alicyclic amines) is 1. The van der Waals surface area contributed by atoms with Crippen LogP contribution >= 0.6 is 0 Å². The monoisotopic (exact) mass is 378 g/mol. The van der Waals surface area contributed by atoms with Crippen molar-refractivity contribution < 1.29 is 4.79 Å². The summed E-state index contributed by atoms with van der Waals surface area (Å²) in [5.41, 5.74) is 6.33. The van der Waals surface area contributed by atoms with Gasteiger partial charge in [-0.1, -0.05) is 49.4 Å². The van der Waals surface area contributed by atoms with E-state index in [2.05, 4.69) is 55.5 Å². The van der Waals surface area contributed by atoms with Crippen LogP contribution in [0.2, 0.25) is 0 Å². The number of piperidine rings is 1. The van der Waals surface area contributed by atoms with Crippen molar-refractivity contribution in [2.45, 2.75) is 25.3 Å². The molecule has 3 aromatic rings. The van der Waals surface area contributed by atoms with Gasteiger partial charge in [-0.2, -0.15) is 5.26 Å². The number of nitriles is 1. The summed E-state index contributed by atoms with van der Waals surface area (Å²) < 4.78 is 0. The predicted molar refractivity (Wildman–Crippen MR) is 113 cm³/mol. The van der Waals surface area contributed by atoms with Crippen LogP contribution in [-0.2, 0) is 0 Å². The molecule has 1 aliphatic heterocycles. The molecule has 3 atom stereocenters. The fourth-order valence-corrected chi connectivity index (χ4v) is 5.13. The van der Waals surface area contributed by atoms with Gasteiger partial charge in [0.1, 0.15) is 0 Å². The molecule has 29 heavy (non-hydrogen) atoms. The normalized spacial score (nSPS) is 22.1. The number of amides is 1. The first-order valence-electron chi connectivity index (χ1n) is 10.2. The smallest absolute Gasteiger partial charge is 0.254 e. The van der Waals surface area contributed by atoms with Gasteiger partial charge in [-0.15, -0.1) is 0 Å². The quantitative estimate of drug-likeness (QED) is 0.587. The van der Waals surface area contributed by atoms with Gasteiger partial charge >= 0.3 is 0 Å². The van der Waals surface area contributed by atoms with Crippen molar-refractivity contribution in [3.8, 4) is 17.2 Å². The van der Waals surface area contributed by atoms with Crippen LogP contribution in [-0.4, -0.2) is 17.4 Å². The maximum Gasteiger partial charge on any atom is 0.254 e. The second-order valence-electron chi connectivity index (χ2n) is 8.10. The molecule has 2 bridgehead atoms. The van der Waals surface area contributed by atoms with Crippen molar-refractivity contribution in [1.29, 1.82) is 5.26 Å². The number of nitrogens with zero attached hydrogens (tertiary/aromatic N) is 2. The molecule has 1 amide bonds. The highest BCUT2D eigenvalue weighted by atomic mass is 16.2. The van der Waals surface area contributed by atoms with Gasteiger partial charge in [0, 0.05) is 12.1 Å². The number of fused-ring (bicyclic) bond motifs is 5. The van der Waals surface area contributed by atoms with Gasteiger partial charge in [0.25, 0.3) is 5.91 Å². The first kappa shape index (κ1) is 17.7. The van der Waals surface area contributed by atoms with Gasteiger partial charge in [-0.05, 0) is 70.8 Å². The predicted octanol–water partition coefficient (Wildman–Crippen LogP) is 5.55. The third kappa shape index (κ3) is 2.84. The highest BCUT2D eigenvalue weighted by molar-refractivity contribution is 5.95. The Bertz CT molecular complexity index is 1110. The lowest BCUT2D eigenvalue weighted by Gasteiger charge is -2.38. The van der Waals surface area contributed by atoms with E-state index in [1.807, 2.05) is 11.0 Å². The Morgan fingerprint density at radius 3 is 2.45 bits per heavy atom. The van der Waals surface area contributed by atoms with Crippen LogP contribution in [0.25, 0.3) is 11.1 Å². The van der Waals surface area contributed by atoms with E-state index in [-0.39, 0.29) is 11.9 Å². The number of hydrogen-bond donors (Lipinski definition) is 0. The number of carbonyl (C=O) groups is 1. The Labute approximate surface area is 171 Å². The summed E-state index contributed by atoms with van der Waals surface area (Å²) in [5.74, 6) is 0.986. The summed E-state index contributed by atoms with van der Waals surface area (Å²) in [6, 6.07) is 26.4. The lowest BCUT2D eigenvalue weighted by molar-refractivity contribution is 0.0524. The first-order valence-corrected chi connectivity index (χ1v) is 10.2. The average molecular weight is 378 g/mol. The van der Waals surface area contributed by atoms with E-state index in [4.69, 9.17) is 5.26 Å². The van der Waals surface area contributed by atoms with Gasteiger partial charge in [-0.25, -0.2) is 0 Å². The molecule has 1 fully saturated rings. The van der Waals surface area contributed by atoms with Crippen molar-refractivity contribution >= 4 is 5.91 Å². The molecule has 1 heterocycles. The molecule has 0 aromatic heterocycles. The number of benzene rings is 3. The van der Waals surface area contributed by atoms with Gasteiger partial charge in [-0.3, -0.25) is 4.79 Å². The SMILES string of the molecule is CC1C2CCN(C(=O)c3ccc(C#N)cc3)C1c1cc(-c3ccccc3)ccc12. The number of hydrogen-bond acceptors (Lipinski definition) is 2. The Morgan fingerprint density at radius 2 is 1.72 bits per heavy atom. The zero-order valence-corrected chi connectivity index (χ0v) is 16.4. The molecule has 3 aromatic carbocycles. The largest absolute Gasteiger partial charge is 0.331 e. The van der Waals surface area contributed by atoms with E-state index in [0.717, 1.165) is 13.0 Å². The van der Waals surface area contributed by atoms with Crippen LogP contribution in [0.3, 0.4) is 0 Å². The Morgan fingerprint density at radius 1 is 0.966 bits per heavy atom. The summed E-state index contributed by atoms with van der Waals surface area (Å²) in [5, 5.41) is 9.02. The van der Waals surface area contributed by atoms with Crippen LogP contribution < -0.4 is 0 Å². The minimum absolute atomic E-state index is 0.0581. The fraction of sp³-hybridized carbons (Fsp3) is 0.231. The molecule has 2 aliphatic rings. The number of carbonyl (C=O) groups excluding carboxylic acids is 1. The highest BCUT2D eigenvalue weighted by Crippen LogP contribution is 2.53. The van der Waals surface area contributed by atoms with E-state index in [1.54, 1.807) is 24.3 Å². The number of rotatable bonds is 2. The molecular formula is C26H22N2O. The molecule has 1 aliphatic carbocycles. The van der Waals surface area contributed by atoms with Crippen molar-refractivity contribution in [2.24, 2.45) is 5.92 Å². The second kappa shape index (κ2) is 6.90. The standard InChI is InChI=1S/C26H22N2O/c1-17-22-13-14-28(26(29)20-9-7-18(16-27)8-10-20)25(17)24-15-21(11-12-23(22)24)19-5-3-2-4-6-19/h2-12,15,17,22,25H,13-14H2,1H3. The third-order valence-electron chi connectivity index (χ3n) is 6.58. The lowest BCUT2D eigenvalue weighted by Crippen LogP contribution is -2.41. The molecule has 3 nitrogen and oxygen atoms in total. The third-order valence-corrected chi connectivity index (χ3v) is 6.58. The molecule has 0 saturated carbocycles. The van der Waals surface area contributed by atoms with Gasteiger partial charge in [0.05, 0.1) is 17.7 Å². The molecule has 5 rings (SSSR count). The van der Waals surface area contributed by atoms with Crippen molar-refractivity contribution in [3.63, 3.8) is 0 Å². The second-order valence-corrected chi connectivity index (χ2v) is 8.10. The Hall–Kier alpha value is -3.38. The van der Waals surface area contributed by atoms with E-state index >= 15 is 0 Å². The van der Waals surface area contributed by atoms with Crippen LogP contribution in [0.4, 0.5) is 0 Å². The maximum absolute atomic E-state index is 13.3. The maximum atomic E-state index is 13.3. The zero-order valence-electron chi connectivity index (χ0n) is 16.4. The Balaban J connectivity index is 1.53. The van der Waals surface area contributed by atoms with Crippen LogP contribution in [0.1, 0.15) is 52.4 Å². The molecule has 0 spiro atoms. The van der Waals surface area contributed by atoms with Gasteiger partial charge in [0.15, 0.2) is 0 Å². The van der Waals surface area contributed by atoms with Gasteiger partial charge < -0.3 is 4.90 Å². The summed E-state index contributed by atoms with van der Waals surface area (Å²) in [6.45, 7) is 3.05. The van der Waals surface area contributed by atoms with Gasteiger partial charge in [0.2, 0.25) is 0 Å². The summed E-state index contributed by atoms with van der Waals surface area (Å²) in [6.07, 6.45) is 0.997. The highest BCUT2D eigenvalue weighted by Gasteiger charge is 2.46. The minimum atomic E-state index is 0.0581. The van der Waals surface area contributed by atoms with Crippen molar-refractivity contribution in [1.82, 2.24) is 4.90 Å². The van der Waals surface area contributed by atoms with Crippen LogP contribution in [0, 0.1) is 17.2 Å². The van der Waals surface area contributed by atoms with E-state index in [1.165, 1.54) is 22.3 Å². The molecule has 142 valence electrons. The first-order chi connectivity index (χ1) is 14.2. The molecule has 0 radical (unpaired) electrons. The minimum Gasteiger partial charge on any atom is -0.331 e. The molecular weight excluding hydrogens is 356 g/mol. The van der Waals surface area contributed by atoms with Crippen LogP contribution in [0.15, 0.2) is 72.8 Å². The zero-order chi connectivity index (χ0) is 20.0. The average Bonchev–Trinajstić information content (AvgIpc) is 2.94. The van der Waals surface area contributed by atoms with Crippen LogP contribution in [0.5, 0.6) is 0 Å². The molecule has 0 N–H and O–H groups in total. The Kier molecular flexibility index (Phi) is 4.21. The van der Waals surface area contributed by atoms with Crippen molar-refractivity contribution in [3.05, 3.63) is 95.1 Å². The summed E-state index contributed by atoms with van der Waals surface area (Å²) in [7, 11) is 0. The van der Waals surface area contributed by atoms with E-state index in [9.17, 15) is 4.79 Å². The van der Waals surface area contributed by atoms with E-state index < -0.39 is 0 Å². The summed E-state index contributed by atoms with van der Waals surface area (Å²) >= 11 is 0. The molecule has 1 saturated heterocycles. The van der Waals surface area contributed by atoms with E-state index in [0.29, 0.717) is 23.0 Å². The fourth-order valence-electron chi connectivity index (χ4n) is 5.13. The molecule has 3 heteroatoms. The lowest BCUT2D eigenvalue weighted by atomic mass is 9.85.